The lowest BCUT2D eigenvalue weighted by Gasteiger charge is -2.42. The highest BCUT2D eigenvalue weighted by atomic mass is 16.6. The van der Waals surface area contributed by atoms with Crippen molar-refractivity contribution in [1.29, 1.82) is 0 Å². The minimum atomic E-state index is -1.08. The quantitative estimate of drug-likeness (QED) is 0.441. The predicted molar refractivity (Wildman–Crippen MR) is 120 cm³/mol. The number of carbonyl (C=O) groups is 3. The fraction of sp³-hybridized carbons (Fsp3) is 0.542. The Kier molecular flexibility index (Phi) is 8.03. The van der Waals surface area contributed by atoms with Crippen LogP contribution in [0.25, 0.3) is 11.3 Å². The predicted octanol–water partition coefficient (Wildman–Crippen LogP) is 3.03. The number of methoxy groups -OCH3 is 1. The van der Waals surface area contributed by atoms with Gasteiger partial charge in [-0.25, -0.2) is 9.48 Å². The molecule has 2 heterocycles. The van der Waals surface area contributed by atoms with E-state index in [2.05, 4.69) is 24.2 Å². The van der Waals surface area contributed by atoms with E-state index in [0.717, 1.165) is 12.0 Å². The Bertz CT molecular complexity index is 1020. The minimum absolute atomic E-state index is 0.445. The van der Waals surface area contributed by atoms with E-state index in [9.17, 15) is 14.4 Å². The third kappa shape index (κ3) is 5.44. The van der Waals surface area contributed by atoms with Crippen LogP contribution < -0.4 is 0 Å². The number of rotatable bonds is 7. The van der Waals surface area contributed by atoms with E-state index in [1.165, 1.54) is 31.2 Å². The summed E-state index contributed by atoms with van der Waals surface area (Å²) in [6.07, 6.45) is -1.50. The van der Waals surface area contributed by atoms with E-state index in [1.807, 2.05) is 24.3 Å². The number of hydrogen-bond donors (Lipinski definition) is 0. The topological polar surface area (TPSA) is 119 Å². The van der Waals surface area contributed by atoms with Crippen LogP contribution in [-0.4, -0.2) is 58.3 Å². The summed E-state index contributed by atoms with van der Waals surface area (Å²) in [7, 11) is 1.24. The molecule has 1 saturated heterocycles. The van der Waals surface area contributed by atoms with Crippen molar-refractivity contribution < 1.29 is 33.3 Å². The molecule has 0 aliphatic carbocycles. The smallest absolute Gasteiger partial charge is 0.335 e. The summed E-state index contributed by atoms with van der Waals surface area (Å²) in [4.78, 5) is 36.1. The number of hydrogen-bond acceptors (Lipinski definition) is 9. The molecule has 184 valence electrons. The fourth-order valence-corrected chi connectivity index (χ4v) is 4.02. The number of carbonyl (C=O) groups excluding carboxylic acids is 3. The molecule has 34 heavy (non-hydrogen) atoms. The highest BCUT2D eigenvalue weighted by Gasteiger charge is 2.51. The Morgan fingerprint density at radius 3 is 2.26 bits per heavy atom. The van der Waals surface area contributed by atoms with Gasteiger partial charge < -0.3 is 18.9 Å². The number of aromatic nitrogens is 3. The lowest BCUT2D eigenvalue weighted by atomic mass is 9.89. The maximum Gasteiger partial charge on any atom is 0.335 e. The van der Waals surface area contributed by atoms with Crippen molar-refractivity contribution >= 4 is 17.9 Å². The van der Waals surface area contributed by atoms with Gasteiger partial charge in [-0.3, -0.25) is 9.59 Å². The molecule has 0 N–H and O–H groups in total. The summed E-state index contributed by atoms with van der Waals surface area (Å²) in [5, 5.41) is 8.40. The summed E-state index contributed by atoms with van der Waals surface area (Å²) in [6, 6.07) is 8.02. The highest BCUT2D eigenvalue weighted by Crippen LogP contribution is 2.36. The highest BCUT2D eigenvalue weighted by molar-refractivity contribution is 5.75. The van der Waals surface area contributed by atoms with Gasteiger partial charge in [0.05, 0.1) is 13.3 Å². The minimum Gasteiger partial charge on any atom is -0.467 e. The first-order valence-electron chi connectivity index (χ1n) is 11.3. The normalized spacial score (nSPS) is 25.3. The molecule has 0 radical (unpaired) electrons. The molecule has 2 aromatic rings. The average Bonchev–Trinajstić information content (AvgIpc) is 3.30. The molecule has 0 amide bonds. The standard InChI is InChI=1S/C24H31N3O7/c1-7-13(2)17-8-10-18(11-9-17)19-12-27(26-25-19)23-22(33-16(5)29)20(32-15(4)28)14(3)21(34-23)24(30)31-6/h8-14,20-23H,7H2,1-6H3. The summed E-state index contributed by atoms with van der Waals surface area (Å²) in [5.41, 5.74) is 2.63. The van der Waals surface area contributed by atoms with Crippen molar-refractivity contribution in [3.05, 3.63) is 36.0 Å². The summed E-state index contributed by atoms with van der Waals surface area (Å²) >= 11 is 0. The van der Waals surface area contributed by atoms with E-state index < -0.39 is 48.4 Å². The molecule has 1 aromatic carbocycles. The van der Waals surface area contributed by atoms with Crippen LogP contribution in [0.1, 0.15) is 58.7 Å². The lowest BCUT2D eigenvalue weighted by Crippen LogP contribution is -2.56. The van der Waals surface area contributed by atoms with Gasteiger partial charge in [-0.1, -0.05) is 50.3 Å². The molecule has 0 spiro atoms. The second kappa shape index (κ2) is 10.8. The maximum absolute atomic E-state index is 12.4. The van der Waals surface area contributed by atoms with E-state index in [0.29, 0.717) is 11.6 Å². The van der Waals surface area contributed by atoms with Crippen LogP contribution in [0, 0.1) is 5.92 Å². The van der Waals surface area contributed by atoms with Crippen molar-refractivity contribution in [2.75, 3.05) is 7.11 Å². The Labute approximate surface area is 198 Å². The number of esters is 3. The largest absolute Gasteiger partial charge is 0.467 e. The first-order chi connectivity index (χ1) is 16.2. The van der Waals surface area contributed by atoms with Gasteiger partial charge in [0, 0.05) is 25.3 Å². The van der Waals surface area contributed by atoms with Gasteiger partial charge in [0.15, 0.2) is 18.4 Å². The van der Waals surface area contributed by atoms with Gasteiger partial charge in [-0.05, 0) is 17.9 Å². The molecule has 1 aliphatic heterocycles. The molecule has 0 bridgehead atoms. The second-order valence-electron chi connectivity index (χ2n) is 8.49. The Balaban J connectivity index is 1.97. The molecular formula is C24H31N3O7. The van der Waals surface area contributed by atoms with Crippen LogP contribution in [-0.2, 0) is 33.3 Å². The van der Waals surface area contributed by atoms with Gasteiger partial charge in [-0.15, -0.1) is 5.10 Å². The van der Waals surface area contributed by atoms with E-state index >= 15 is 0 Å². The molecule has 1 aliphatic rings. The third-order valence-electron chi connectivity index (χ3n) is 6.08. The lowest BCUT2D eigenvalue weighted by molar-refractivity contribution is -0.246. The van der Waals surface area contributed by atoms with E-state index in [-0.39, 0.29) is 0 Å². The van der Waals surface area contributed by atoms with Crippen molar-refractivity contribution in [1.82, 2.24) is 15.0 Å². The summed E-state index contributed by atoms with van der Waals surface area (Å²) < 4.78 is 23.2. The fourth-order valence-electron chi connectivity index (χ4n) is 4.02. The second-order valence-corrected chi connectivity index (χ2v) is 8.49. The van der Waals surface area contributed by atoms with Crippen LogP contribution in [0.3, 0.4) is 0 Å². The third-order valence-corrected chi connectivity index (χ3v) is 6.08. The number of benzene rings is 1. The average molecular weight is 474 g/mol. The van der Waals surface area contributed by atoms with Gasteiger partial charge in [0.1, 0.15) is 11.8 Å². The molecule has 10 heteroatoms. The van der Waals surface area contributed by atoms with Crippen molar-refractivity contribution in [3.63, 3.8) is 0 Å². The molecule has 10 nitrogen and oxygen atoms in total. The van der Waals surface area contributed by atoms with Crippen molar-refractivity contribution in [2.24, 2.45) is 5.92 Å². The van der Waals surface area contributed by atoms with Crippen LogP contribution in [0.4, 0.5) is 0 Å². The molecular weight excluding hydrogens is 442 g/mol. The van der Waals surface area contributed by atoms with E-state index in [1.54, 1.807) is 13.1 Å². The monoisotopic (exact) mass is 473 g/mol. The first-order valence-corrected chi connectivity index (χ1v) is 11.3. The molecule has 1 aromatic heterocycles. The Hall–Kier alpha value is -3.27. The number of ether oxygens (including phenoxy) is 4. The van der Waals surface area contributed by atoms with Gasteiger partial charge in [-0.2, -0.15) is 0 Å². The van der Waals surface area contributed by atoms with Crippen LogP contribution in [0.15, 0.2) is 30.5 Å². The van der Waals surface area contributed by atoms with Crippen LogP contribution in [0.2, 0.25) is 0 Å². The first kappa shape index (κ1) is 25.4. The molecule has 0 saturated carbocycles. The van der Waals surface area contributed by atoms with Gasteiger partial charge in [0.25, 0.3) is 0 Å². The van der Waals surface area contributed by atoms with Crippen LogP contribution in [0.5, 0.6) is 0 Å². The SMILES string of the molecule is CCC(C)c1ccc(-c2cn(C3OC(C(=O)OC)C(C)C(OC(C)=O)C3OC(C)=O)nn2)cc1. The maximum atomic E-state index is 12.4. The molecule has 3 rings (SSSR count). The van der Waals surface area contributed by atoms with Crippen LogP contribution >= 0.6 is 0 Å². The molecule has 6 atom stereocenters. The Morgan fingerprint density at radius 1 is 1.09 bits per heavy atom. The summed E-state index contributed by atoms with van der Waals surface area (Å²) in [5.74, 6) is -2.02. The van der Waals surface area contributed by atoms with E-state index in [4.69, 9.17) is 18.9 Å². The zero-order chi connectivity index (χ0) is 25.0. The summed E-state index contributed by atoms with van der Waals surface area (Å²) in [6.45, 7) is 8.45. The van der Waals surface area contributed by atoms with Crippen molar-refractivity contribution in [3.8, 4) is 11.3 Å². The zero-order valence-electron chi connectivity index (χ0n) is 20.3. The van der Waals surface area contributed by atoms with Gasteiger partial charge >= 0.3 is 17.9 Å². The zero-order valence-corrected chi connectivity index (χ0v) is 20.3. The van der Waals surface area contributed by atoms with Gasteiger partial charge in [0.2, 0.25) is 0 Å². The molecule has 1 fully saturated rings. The Morgan fingerprint density at radius 2 is 1.71 bits per heavy atom. The number of nitrogens with zero attached hydrogens (tertiary/aromatic N) is 3. The van der Waals surface area contributed by atoms with Crippen molar-refractivity contribution in [2.45, 2.75) is 71.5 Å². The molecule has 6 unspecified atom stereocenters.